The Labute approximate surface area is 80.5 Å². The molecule has 1 unspecified atom stereocenters. The van der Waals surface area contributed by atoms with Crippen LogP contribution in [0, 0.1) is 0 Å². The summed E-state index contributed by atoms with van der Waals surface area (Å²) in [6.07, 6.45) is -4.91. The summed E-state index contributed by atoms with van der Waals surface area (Å²) in [5.74, 6) is 0. The van der Waals surface area contributed by atoms with E-state index < -0.39 is 17.4 Å². The molecule has 0 fully saturated rings. The quantitative estimate of drug-likeness (QED) is 0.700. The maximum absolute atomic E-state index is 11.9. The molecule has 1 aromatic rings. The van der Waals surface area contributed by atoms with Crippen molar-refractivity contribution < 1.29 is 13.2 Å². The molecule has 0 spiro atoms. The summed E-state index contributed by atoms with van der Waals surface area (Å²) >= 11 is 4.32. The van der Waals surface area contributed by atoms with Crippen molar-refractivity contribution in [1.82, 2.24) is 0 Å². The zero-order valence-electron chi connectivity index (χ0n) is 5.94. The first-order valence-corrected chi connectivity index (χ1v) is 5.03. The van der Waals surface area contributed by atoms with Crippen LogP contribution in [0.15, 0.2) is 17.5 Å². The van der Waals surface area contributed by atoms with Crippen molar-refractivity contribution in [2.45, 2.75) is 17.4 Å². The van der Waals surface area contributed by atoms with Gasteiger partial charge in [0, 0.05) is 4.88 Å². The van der Waals surface area contributed by atoms with E-state index in [4.69, 9.17) is 0 Å². The zero-order valence-corrected chi connectivity index (χ0v) is 8.34. The minimum atomic E-state index is -4.10. The normalized spacial score (nSPS) is 14.7. The second kappa shape index (κ2) is 3.79. The second-order valence-electron chi connectivity index (χ2n) is 2.30. The molecule has 0 saturated carbocycles. The Morgan fingerprint density at radius 2 is 2.17 bits per heavy atom. The third-order valence-electron chi connectivity index (χ3n) is 1.26. The highest BCUT2D eigenvalue weighted by Crippen LogP contribution is 2.37. The molecule has 0 saturated heterocycles. The Bertz CT molecular complexity index is 229. The van der Waals surface area contributed by atoms with Gasteiger partial charge in [-0.15, -0.1) is 11.3 Å². The average molecular weight is 259 g/mol. The van der Waals surface area contributed by atoms with Gasteiger partial charge in [0.2, 0.25) is 0 Å². The molecule has 0 aliphatic rings. The third kappa shape index (κ3) is 3.15. The van der Waals surface area contributed by atoms with Gasteiger partial charge in [-0.25, -0.2) is 0 Å². The lowest BCUT2D eigenvalue weighted by atomic mass is 10.2. The van der Waals surface area contributed by atoms with Gasteiger partial charge in [-0.1, -0.05) is 22.0 Å². The van der Waals surface area contributed by atoms with Crippen LogP contribution < -0.4 is 0 Å². The Balaban J connectivity index is 2.56. The summed E-state index contributed by atoms with van der Waals surface area (Å²) in [7, 11) is 0. The lowest BCUT2D eigenvalue weighted by molar-refractivity contribution is -0.134. The van der Waals surface area contributed by atoms with Crippen molar-refractivity contribution in [1.29, 1.82) is 0 Å². The predicted octanol–water partition coefficient (Wildman–Crippen LogP) is 4.14. The Kier molecular flexibility index (Phi) is 3.17. The van der Waals surface area contributed by atoms with Gasteiger partial charge >= 0.3 is 6.18 Å². The number of hydrogen-bond acceptors (Lipinski definition) is 1. The van der Waals surface area contributed by atoms with Crippen LogP contribution in [0.4, 0.5) is 13.2 Å². The fourth-order valence-corrected chi connectivity index (χ4v) is 2.32. The van der Waals surface area contributed by atoms with Crippen molar-refractivity contribution in [3.05, 3.63) is 22.4 Å². The first kappa shape index (κ1) is 10.1. The molecule has 0 amide bonds. The van der Waals surface area contributed by atoms with Gasteiger partial charge in [-0.2, -0.15) is 13.2 Å². The maximum atomic E-state index is 11.9. The van der Waals surface area contributed by atoms with Crippen molar-refractivity contribution >= 4 is 27.3 Å². The van der Waals surface area contributed by atoms with E-state index in [2.05, 4.69) is 15.9 Å². The average Bonchev–Trinajstić information content (AvgIpc) is 2.32. The van der Waals surface area contributed by atoms with Crippen molar-refractivity contribution in [2.24, 2.45) is 0 Å². The van der Waals surface area contributed by atoms with E-state index in [0.29, 0.717) is 4.88 Å². The molecule has 1 rings (SSSR count). The van der Waals surface area contributed by atoms with E-state index in [1.165, 1.54) is 11.3 Å². The molecule has 5 heteroatoms. The number of halogens is 4. The molecule has 1 aromatic heterocycles. The fourth-order valence-electron chi connectivity index (χ4n) is 0.773. The van der Waals surface area contributed by atoms with Gasteiger partial charge in [0.25, 0.3) is 0 Å². The Morgan fingerprint density at radius 1 is 1.50 bits per heavy atom. The summed E-state index contributed by atoms with van der Waals surface area (Å²) in [6, 6.07) is 3.43. The van der Waals surface area contributed by atoms with Crippen LogP contribution in [0.5, 0.6) is 0 Å². The Hall–Kier alpha value is -0.0300. The molecule has 0 radical (unpaired) electrons. The van der Waals surface area contributed by atoms with Crippen LogP contribution in [0.1, 0.15) is 16.1 Å². The number of alkyl halides is 4. The van der Waals surface area contributed by atoms with Crippen LogP contribution in [-0.4, -0.2) is 6.18 Å². The van der Waals surface area contributed by atoms with Gasteiger partial charge in [0.05, 0.1) is 11.2 Å². The summed E-state index contributed by atoms with van der Waals surface area (Å²) < 4.78 is 35.6. The first-order valence-electron chi connectivity index (χ1n) is 3.23. The molecule has 68 valence electrons. The third-order valence-corrected chi connectivity index (χ3v) is 3.37. The van der Waals surface area contributed by atoms with Gasteiger partial charge < -0.3 is 0 Å². The standard InChI is InChI=1S/C7H6BrF3S/c8-5(4-7(9,10)11)6-2-1-3-12-6/h1-3,5H,4H2. The highest BCUT2D eigenvalue weighted by Gasteiger charge is 2.31. The van der Waals surface area contributed by atoms with E-state index in [1.807, 2.05) is 0 Å². The SMILES string of the molecule is FC(F)(F)CC(Br)c1cccs1. The van der Waals surface area contributed by atoms with E-state index in [-0.39, 0.29) is 0 Å². The molecular weight excluding hydrogens is 253 g/mol. The summed E-state index contributed by atoms with van der Waals surface area (Å²) in [6.45, 7) is 0. The number of thiophene rings is 1. The zero-order chi connectivity index (χ0) is 9.19. The molecule has 0 N–H and O–H groups in total. The Morgan fingerprint density at radius 3 is 2.58 bits per heavy atom. The molecule has 1 heterocycles. The van der Waals surface area contributed by atoms with Crippen LogP contribution in [0.25, 0.3) is 0 Å². The van der Waals surface area contributed by atoms with Crippen molar-refractivity contribution in [3.8, 4) is 0 Å². The molecule has 12 heavy (non-hydrogen) atoms. The summed E-state index contributed by atoms with van der Waals surface area (Å²) in [4.78, 5) is 0.116. The number of hydrogen-bond donors (Lipinski definition) is 0. The van der Waals surface area contributed by atoms with Gasteiger partial charge in [0.1, 0.15) is 0 Å². The highest BCUT2D eigenvalue weighted by atomic mass is 79.9. The van der Waals surface area contributed by atoms with E-state index in [9.17, 15) is 13.2 Å². The number of rotatable bonds is 2. The minimum Gasteiger partial charge on any atom is -0.171 e. The molecule has 0 aliphatic carbocycles. The monoisotopic (exact) mass is 258 g/mol. The van der Waals surface area contributed by atoms with E-state index in [1.54, 1.807) is 17.5 Å². The van der Waals surface area contributed by atoms with Crippen LogP contribution in [0.2, 0.25) is 0 Å². The van der Waals surface area contributed by atoms with Crippen LogP contribution in [-0.2, 0) is 0 Å². The van der Waals surface area contributed by atoms with Gasteiger partial charge in [0.15, 0.2) is 0 Å². The van der Waals surface area contributed by atoms with Gasteiger partial charge in [-0.05, 0) is 11.4 Å². The molecule has 1 atom stereocenters. The second-order valence-corrected chi connectivity index (χ2v) is 4.39. The van der Waals surface area contributed by atoms with Crippen LogP contribution >= 0.6 is 27.3 Å². The van der Waals surface area contributed by atoms with Crippen molar-refractivity contribution in [3.63, 3.8) is 0 Å². The van der Waals surface area contributed by atoms with E-state index in [0.717, 1.165) is 0 Å². The summed E-state index contributed by atoms with van der Waals surface area (Å²) in [5.41, 5.74) is 0. The lowest BCUT2D eigenvalue weighted by Gasteiger charge is -2.10. The smallest absolute Gasteiger partial charge is 0.171 e. The molecule has 0 aliphatic heterocycles. The molecular formula is C7H6BrF3S. The fraction of sp³-hybridized carbons (Fsp3) is 0.429. The predicted molar refractivity (Wildman–Crippen MR) is 46.7 cm³/mol. The van der Waals surface area contributed by atoms with Crippen molar-refractivity contribution in [2.75, 3.05) is 0 Å². The highest BCUT2D eigenvalue weighted by molar-refractivity contribution is 9.09. The molecule has 0 aromatic carbocycles. The molecule has 0 bridgehead atoms. The topological polar surface area (TPSA) is 0 Å². The maximum Gasteiger partial charge on any atom is 0.390 e. The summed E-state index contributed by atoms with van der Waals surface area (Å²) in [5, 5.41) is 1.76. The lowest BCUT2D eigenvalue weighted by Crippen LogP contribution is -2.09. The molecule has 0 nitrogen and oxygen atoms in total. The van der Waals surface area contributed by atoms with Gasteiger partial charge in [-0.3, -0.25) is 0 Å². The minimum absolute atomic E-state index is 0.600. The largest absolute Gasteiger partial charge is 0.390 e. The van der Waals surface area contributed by atoms with Crippen LogP contribution in [0.3, 0.4) is 0 Å². The van der Waals surface area contributed by atoms with E-state index >= 15 is 0 Å². The first-order chi connectivity index (χ1) is 5.49.